The van der Waals surface area contributed by atoms with E-state index < -0.39 is 0 Å². The Balaban J connectivity index is 1.76. The molecule has 0 spiro atoms. The second-order valence-electron chi connectivity index (χ2n) is 4.06. The molecular weight excluding hydrogens is 254 g/mol. The summed E-state index contributed by atoms with van der Waals surface area (Å²) in [5.41, 5.74) is 2.08. The maximum atomic E-state index is 11.9. The standard InChI is InChI=1S/C14H11N5O/c20-11(7-6-10-4-2-1-3-5-10)19-14-12-13(16-8-15-12)17-9-18-14/h1-9H,(H2,15,16,17,18,19,20)/b7-6+. The molecule has 20 heavy (non-hydrogen) atoms. The summed E-state index contributed by atoms with van der Waals surface area (Å²) in [6.45, 7) is 0. The first-order valence-electron chi connectivity index (χ1n) is 6.01. The highest BCUT2D eigenvalue weighted by Gasteiger charge is 2.07. The number of carbonyl (C=O) groups is 1. The molecule has 6 nitrogen and oxygen atoms in total. The maximum Gasteiger partial charge on any atom is 0.249 e. The third-order valence-corrected chi connectivity index (χ3v) is 2.69. The number of imidazole rings is 1. The van der Waals surface area contributed by atoms with E-state index in [1.54, 1.807) is 6.08 Å². The van der Waals surface area contributed by atoms with Crippen molar-refractivity contribution in [3.63, 3.8) is 0 Å². The van der Waals surface area contributed by atoms with Crippen LogP contribution in [-0.4, -0.2) is 25.8 Å². The van der Waals surface area contributed by atoms with Gasteiger partial charge in [-0.25, -0.2) is 15.0 Å². The average molecular weight is 265 g/mol. The summed E-state index contributed by atoms with van der Waals surface area (Å²) in [6, 6.07) is 9.59. The van der Waals surface area contributed by atoms with E-state index in [0.29, 0.717) is 17.0 Å². The van der Waals surface area contributed by atoms with Crippen LogP contribution in [0.4, 0.5) is 5.82 Å². The smallest absolute Gasteiger partial charge is 0.249 e. The van der Waals surface area contributed by atoms with E-state index in [9.17, 15) is 4.79 Å². The Labute approximate surface area is 114 Å². The molecule has 0 saturated heterocycles. The lowest BCUT2D eigenvalue weighted by Gasteiger charge is -2.01. The van der Waals surface area contributed by atoms with Gasteiger partial charge in [0.15, 0.2) is 11.5 Å². The molecule has 0 unspecified atom stereocenters. The van der Waals surface area contributed by atoms with E-state index in [2.05, 4.69) is 25.3 Å². The number of aromatic nitrogens is 4. The number of hydrogen-bond donors (Lipinski definition) is 2. The Morgan fingerprint density at radius 2 is 2.00 bits per heavy atom. The first-order valence-corrected chi connectivity index (χ1v) is 6.01. The summed E-state index contributed by atoms with van der Waals surface area (Å²) in [6.07, 6.45) is 6.06. The molecule has 2 N–H and O–H groups in total. The van der Waals surface area contributed by atoms with E-state index in [4.69, 9.17) is 0 Å². The van der Waals surface area contributed by atoms with Crippen molar-refractivity contribution in [2.75, 3.05) is 5.32 Å². The molecule has 3 aromatic rings. The number of fused-ring (bicyclic) bond motifs is 1. The number of benzene rings is 1. The molecule has 1 aromatic carbocycles. The molecular formula is C14H11N5O. The lowest BCUT2D eigenvalue weighted by Crippen LogP contribution is -2.09. The van der Waals surface area contributed by atoms with Crippen LogP contribution in [0.25, 0.3) is 17.2 Å². The largest absolute Gasteiger partial charge is 0.340 e. The minimum atomic E-state index is -0.261. The number of anilines is 1. The molecule has 0 aliphatic rings. The molecule has 6 heteroatoms. The van der Waals surface area contributed by atoms with Crippen molar-refractivity contribution in [3.05, 3.63) is 54.6 Å². The normalized spacial score (nSPS) is 11.0. The zero-order chi connectivity index (χ0) is 13.8. The van der Waals surface area contributed by atoms with Crippen molar-refractivity contribution in [3.8, 4) is 0 Å². The van der Waals surface area contributed by atoms with Crippen LogP contribution in [0, 0.1) is 0 Å². The first-order chi connectivity index (χ1) is 9.83. The van der Waals surface area contributed by atoms with Crippen LogP contribution in [0.15, 0.2) is 49.1 Å². The van der Waals surface area contributed by atoms with Gasteiger partial charge in [0.25, 0.3) is 0 Å². The van der Waals surface area contributed by atoms with Gasteiger partial charge in [-0.05, 0) is 11.6 Å². The summed E-state index contributed by atoms with van der Waals surface area (Å²) in [5.74, 6) is 0.152. The molecule has 1 amide bonds. The summed E-state index contributed by atoms with van der Waals surface area (Å²) >= 11 is 0. The molecule has 0 radical (unpaired) electrons. The average Bonchev–Trinajstić information content (AvgIpc) is 2.96. The minimum Gasteiger partial charge on any atom is -0.340 e. The van der Waals surface area contributed by atoms with Gasteiger partial charge in [0, 0.05) is 6.08 Å². The quantitative estimate of drug-likeness (QED) is 0.709. The monoisotopic (exact) mass is 265 g/mol. The van der Waals surface area contributed by atoms with Crippen LogP contribution < -0.4 is 5.32 Å². The number of rotatable bonds is 3. The van der Waals surface area contributed by atoms with Crippen molar-refractivity contribution in [1.29, 1.82) is 0 Å². The Morgan fingerprint density at radius 1 is 1.15 bits per heavy atom. The zero-order valence-electron chi connectivity index (χ0n) is 10.4. The van der Waals surface area contributed by atoms with Crippen molar-refractivity contribution in [2.45, 2.75) is 0 Å². The lowest BCUT2D eigenvalue weighted by atomic mass is 10.2. The van der Waals surface area contributed by atoms with Gasteiger partial charge in [0.1, 0.15) is 11.8 Å². The number of hydrogen-bond acceptors (Lipinski definition) is 4. The van der Waals surface area contributed by atoms with Gasteiger partial charge >= 0.3 is 0 Å². The third kappa shape index (κ3) is 2.54. The molecule has 2 aromatic heterocycles. The van der Waals surface area contributed by atoms with Gasteiger partial charge in [0.2, 0.25) is 5.91 Å². The number of H-pyrrole nitrogens is 1. The zero-order valence-corrected chi connectivity index (χ0v) is 10.4. The summed E-state index contributed by atoms with van der Waals surface area (Å²) in [7, 11) is 0. The number of nitrogens with one attached hydrogen (secondary N) is 2. The molecule has 0 atom stereocenters. The lowest BCUT2D eigenvalue weighted by molar-refractivity contribution is -0.111. The highest BCUT2D eigenvalue weighted by Crippen LogP contribution is 2.14. The van der Waals surface area contributed by atoms with Crippen molar-refractivity contribution >= 4 is 29.0 Å². The predicted octanol–water partition coefficient (Wildman–Crippen LogP) is 2.00. The minimum absolute atomic E-state index is 0.261. The summed E-state index contributed by atoms with van der Waals surface area (Å²) < 4.78 is 0. The van der Waals surface area contributed by atoms with Gasteiger partial charge < -0.3 is 10.3 Å². The second-order valence-corrected chi connectivity index (χ2v) is 4.06. The van der Waals surface area contributed by atoms with Gasteiger partial charge in [-0.1, -0.05) is 30.3 Å². The van der Waals surface area contributed by atoms with Crippen LogP contribution in [-0.2, 0) is 4.79 Å². The molecule has 0 bridgehead atoms. The van der Waals surface area contributed by atoms with Crippen molar-refractivity contribution in [2.24, 2.45) is 0 Å². The number of amides is 1. The molecule has 0 saturated carbocycles. The van der Waals surface area contributed by atoms with Crippen LogP contribution in [0.5, 0.6) is 0 Å². The topological polar surface area (TPSA) is 83.6 Å². The van der Waals surface area contributed by atoms with Gasteiger partial charge in [0.05, 0.1) is 6.33 Å². The van der Waals surface area contributed by atoms with Crippen LogP contribution in [0.1, 0.15) is 5.56 Å². The third-order valence-electron chi connectivity index (χ3n) is 2.69. The Hall–Kier alpha value is -3.02. The molecule has 2 heterocycles. The number of nitrogens with zero attached hydrogens (tertiary/aromatic N) is 3. The second kappa shape index (κ2) is 5.31. The maximum absolute atomic E-state index is 11.9. The van der Waals surface area contributed by atoms with E-state index in [0.717, 1.165) is 5.56 Å². The fourth-order valence-corrected chi connectivity index (χ4v) is 1.75. The van der Waals surface area contributed by atoms with Crippen LogP contribution in [0.2, 0.25) is 0 Å². The molecule has 0 aliphatic carbocycles. The summed E-state index contributed by atoms with van der Waals surface area (Å²) in [4.78, 5) is 26.8. The van der Waals surface area contributed by atoms with E-state index in [1.165, 1.54) is 18.7 Å². The fraction of sp³-hybridized carbons (Fsp3) is 0. The van der Waals surface area contributed by atoms with E-state index in [1.807, 2.05) is 30.3 Å². The van der Waals surface area contributed by atoms with Gasteiger partial charge in [-0.3, -0.25) is 4.79 Å². The van der Waals surface area contributed by atoms with Gasteiger partial charge in [-0.15, -0.1) is 0 Å². The van der Waals surface area contributed by atoms with Gasteiger partial charge in [-0.2, -0.15) is 0 Å². The SMILES string of the molecule is O=C(/C=C/c1ccccc1)Nc1ncnc2nc[nH]c12. The fourth-order valence-electron chi connectivity index (χ4n) is 1.75. The highest BCUT2D eigenvalue weighted by molar-refractivity contribution is 6.04. The number of aromatic amines is 1. The molecule has 0 fully saturated rings. The summed E-state index contributed by atoms with van der Waals surface area (Å²) in [5, 5.41) is 2.69. The predicted molar refractivity (Wildman–Crippen MR) is 75.8 cm³/mol. The Bertz CT molecular complexity index is 763. The van der Waals surface area contributed by atoms with E-state index >= 15 is 0 Å². The molecule has 0 aliphatic heterocycles. The van der Waals surface area contributed by atoms with Crippen molar-refractivity contribution < 1.29 is 4.79 Å². The molecule has 3 rings (SSSR count). The van der Waals surface area contributed by atoms with Crippen molar-refractivity contribution in [1.82, 2.24) is 19.9 Å². The number of carbonyl (C=O) groups excluding carboxylic acids is 1. The van der Waals surface area contributed by atoms with E-state index in [-0.39, 0.29) is 5.91 Å². The van der Waals surface area contributed by atoms with Crippen LogP contribution in [0.3, 0.4) is 0 Å². The highest BCUT2D eigenvalue weighted by atomic mass is 16.1. The van der Waals surface area contributed by atoms with Crippen LogP contribution >= 0.6 is 0 Å². The Morgan fingerprint density at radius 3 is 2.85 bits per heavy atom. The first kappa shape index (κ1) is 12.0. The molecule has 98 valence electrons. The Kier molecular flexibility index (Phi) is 3.20.